The first-order chi connectivity index (χ1) is 15.7. The Morgan fingerprint density at radius 1 is 1.15 bits per heavy atom. The van der Waals surface area contributed by atoms with Gasteiger partial charge in [0, 0.05) is 49.0 Å². The largest absolute Gasteiger partial charge is 0.418 e. The molecule has 0 bridgehead atoms. The topological polar surface area (TPSA) is 53.9 Å². The molecule has 2 fully saturated rings. The highest BCUT2D eigenvalue weighted by Crippen LogP contribution is 2.56. The van der Waals surface area contributed by atoms with Crippen LogP contribution in [-0.2, 0) is 6.18 Å². The highest BCUT2D eigenvalue weighted by atomic mass is 35.5. The number of benzene rings is 1. The third-order valence-corrected chi connectivity index (χ3v) is 6.90. The zero-order valence-corrected chi connectivity index (χ0v) is 18.8. The zero-order chi connectivity index (χ0) is 23.2. The van der Waals surface area contributed by atoms with Crippen molar-refractivity contribution in [3.63, 3.8) is 0 Å². The number of pyridine rings is 1. The van der Waals surface area contributed by atoms with E-state index in [1.165, 1.54) is 12.8 Å². The number of nitrogens with zero attached hydrogens (tertiary/aromatic N) is 4. The van der Waals surface area contributed by atoms with Gasteiger partial charge in [0.1, 0.15) is 5.82 Å². The summed E-state index contributed by atoms with van der Waals surface area (Å²) in [6, 6.07) is 9.09. The molecule has 1 N–H and O–H groups in total. The fourth-order valence-electron chi connectivity index (χ4n) is 4.65. The number of anilines is 2. The van der Waals surface area contributed by atoms with Crippen molar-refractivity contribution in [3.05, 3.63) is 65.1 Å². The number of nitrogens with one attached hydrogen (secondary N) is 1. The molecule has 172 valence electrons. The standard InChI is InChI=1S/C24H23ClF3N5/c1-15-3-4-16(22-29-7-2-8-30-22)9-20(15)33-14-23(5-6-23)11-17(33)12-31-21-10-18(24(26,27)28)19(25)13-32-21/h2-4,7-10,13,17H,5-6,11-12,14H2,1H3,(H,31,32)/t17-/m0/s1. The summed E-state index contributed by atoms with van der Waals surface area (Å²) in [5.74, 6) is 0.838. The summed E-state index contributed by atoms with van der Waals surface area (Å²) >= 11 is 5.71. The van der Waals surface area contributed by atoms with E-state index in [0.29, 0.717) is 17.8 Å². The van der Waals surface area contributed by atoms with Gasteiger partial charge >= 0.3 is 6.18 Å². The average molecular weight is 474 g/mol. The summed E-state index contributed by atoms with van der Waals surface area (Å²) < 4.78 is 39.7. The second-order valence-corrected chi connectivity index (χ2v) is 9.39. The lowest BCUT2D eigenvalue weighted by Crippen LogP contribution is -2.35. The first kappa shape index (κ1) is 21.9. The molecular formula is C24H23ClF3N5. The van der Waals surface area contributed by atoms with E-state index in [1.807, 2.05) is 6.07 Å². The van der Waals surface area contributed by atoms with E-state index in [-0.39, 0.29) is 11.9 Å². The number of halogens is 4. The van der Waals surface area contributed by atoms with Crippen molar-refractivity contribution in [2.75, 3.05) is 23.3 Å². The average Bonchev–Trinajstić information content (AvgIpc) is 3.45. The van der Waals surface area contributed by atoms with Crippen LogP contribution in [0.4, 0.5) is 24.7 Å². The Bertz CT molecular complexity index is 1160. The fraction of sp³-hybridized carbons (Fsp3) is 0.375. The van der Waals surface area contributed by atoms with E-state index in [0.717, 1.165) is 42.0 Å². The van der Waals surface area contributed by atoms with Gasteiger partial charge in [0.2, 0.25) is 0 Å². The van der Waals surface area contributed by atoms with Crippen molar-refractivity contribution in [1.29, 1.82) is 0 Å². The normalized spacial score (nSPS) is 19.2. The second kappa shape index (κ2) is 8.17. The van der Waals surface area contributed by atoms with Gasteiger partial charge in [-0.1, -0.05) is 23.7 Å². The molecule has 1 spiro atoms. The summed E-state index contributed by atoms with van der Waals surface area (Å²) in [6.45, 7) is 3.49. The van der Waals surface area contributed by atoms with Gasteiger partial charge < -0.3 is 10.2 Å². The highest BCUT2D eigenvalue weighted by Gasteiger charge is 2.52. The SMILES string of the molecule is Cc1ccc(-c2ncccn2)cc1N1CC2(CC2)C[C@H]1CNc1cc(C(F)(F)F)c(Cl)cn1. The lowest BCUT2D eigenvalue weighted by Gasteiger charge is -2.29. The summed E-state index contributed by atoms with van der Waals surface area (Å²) in [5, 5.41) is 2.72. The lowest BCUT2D eigenvalue weighted by molar-refractivity contribution is -0.137. The van der Waals surface area contributed by atoms with Crippen LogP contribution in [0, 0.1) is 12.3 Å². The van der Waals surface area contributed by atoms with Crippen molar-refractivity contribution >= 4 is 23.1 Å². The first-order valence-corrected chi connectivity index (χ1v) is 11.2. The molecule has 1 atom stereocenters. The van der Waals surface area contributed by atoms with Crippen LogP contribution in [0.25, 0.3) is 11.4 Å². The van der Waals surface area contributed by atoms with Gasteiger partial charge in [0.25, 0.3) is 0 Å². The molecule has 2 aliphatic rings. The third kappa shape index (κ3) is 4.49. The van der Waals surface area contributed by atoms with E-state index in [2.05, 4.69) is 44.2 Å². The van der Waals surface area contributed by atoms with Crippen LogP contribution in [0.5, 0.6) is 0 Å². The molecule has 1 saturated carbocycles. The molecule has 5 rings (SSSR count). The number of alkyl halides is 3. The Hall–Kier alpha value is -2.87. The quantitative estimate of drug-likeness (QED) is 0.493. The van der Waals surface area contributed by atoms with Crippen LogP contribution in [0.2, 0.25) is 5.02 Å². The van der Waals surface area contributed by atoms with Gasteiger partial charge in [-0.2, -0.15) is 13.2 Å². The predicted octanol–water partition coefficient (Wildman–Crippen LogP) is 5.99. The second-order valence-electron chi connectivity index (χ2n) is 8.99. The molecule has 9 heteroatoms. The summed E-state index contributed by atoms with van der Waals surface area (Å²) in [7, 11) is 0. The zero-order valence-electron chi connectivity index (χ0n) is 18.0. The van der Waals surface area contributed by atoms with Crippen molar-refractivity contribution in [3.8, 4) is 11.4 Å². The molecule has 1 aliphatic carbocycles. The minimum Gasteiger partial charge on any atom is -0.368 e. The van der Waals surface area contributed by atoms with Crippen molar-refractivity contribution < 1.29 is 13.2 Å². The monoisotopic (exact) mass is 473 g/mol. The predicted molar refractivity (Wildman–Crippen MR) is 122 cm³/mol. The fourth-order valence-corrected chi connectivity index (χ4v) is 4.86. The highest BCUT2D eigenvalue weighted by molar-refractivity contribution is 6.31. The molecule has 0 unspecified atom stereocenters. The Kier molecular flexibility index (Phi) is 5.43. The Morgan fingerprint density at radius 3 is 2.61 bits per heavy atom. The number of aromatic nitrogens is 3. The van der Waals surface area contributed by atoms with Gasteiger partial charge in [-0.05, 0) is 55.4 Å². The molecule has 3 aromatic rings. The number of hydrogen-bond donors (Lipinski definition) is 1. The molecule has 33 heavy (non-hydrogen) atoms. The Labute approximate surface area is 195 Å². The third-order valence-electron chi connectivity index (χ3n) is 6.59. The molecule has 1 aliphatic heterocycles. The molecule has 3 heterocycles. The van der Waals surface area contributed by atoms with Crippen LogP contribution in [0.15, 0.2) is 48.9 Å². The maximum Gasteiger partial charge on any atom is 0.418 e. The number of hydrogen-bond acceptors (Lipinski definition) is 5. The van der Waals surface area contributed by atoms with E-state index in [4.69, 9.17) is 11.6 Å². The van der Waals surface area contributed by atoms with E-state index < -0.39 is 16.8 Å². The van der Waals surface area contributed by atoms with Crippen LogP contribution in [0.1, 0.15) is 30.4 Å². The summed E-state index contributed by atoms with van der Waals surface area (Å²) in [4.78, 5) is 15.2. The van der Waals surface area contributed by atoms with Gasteiger partial charge in [0.05, 0.1) is 10.6 Å². The van der Waals surface area contributed by atoms with Gasteiger partial charge in [0.15, 0.2) is 5.82 Å². The molecule has 0 radical (unpaired) electrons. The van der Waals surface area contributed by atoms with Crippen LogP contribution >= 0.6 is 11.6 Å². The van der Waals surface area contributed by atoms with Crippen LogP contribution in [0.3, 0.4) is 0 Å². The summed E-state index contributed by atoms with van der Waals surface area (Å²) in [5.41, 5.74) is 2.60. The molecule has 1 aromatic carbocycles. The van der Waals surface area contributed by atoms with E-state index >= 15 is 0 Å². The maximum absolute atomic E-state index is 13.2. The maximum atomic E-state index is 13.2. The van der Waals surface area contributed by atoms with Crippen molar-refractivity contribution in [2.24, 2.45) is 5.41 Å². The van der Waals surface area contributed by atoms with Crippen molar-refractivity contribution in [2.45, 2.75) is 38.4 Å². The minimum atomic E-state index is -4.52. The van der Waals surface area contributed by atoms with Gasteiger partial charge in [-0.3, -0.25) is 0 Å². The smallest absolute Gasteiger partial charge is 0.368 e. The Balaban J connectivity index is 1.40. The van der Waals surface area contributed by atoms with Gasteiger partial charge in [-0.15, -0.1) is 0 Å². The van der Waals surface area contributed by atoms with Crippen LogP contribution < -0.4 is 10.2 Å². The Morgan fingerprint density at radius 2 is 1.91 bits per heavy atom. The van der Waals surface area contributed by atoms with Crippen molar-refractivity contribution in [1.82, 2.24) is 15.0 Å². The summed E-state index contributed by atoms with van der Waals surface area (Å²) in [6.07, 6.45) is 3.32. The van der Waals surface area contributed by atoms with E-state index in [9.17, 15) is 13.2 Å². The van der Waals surface area contributed by atoms with E-state index in [1.54, 1.807) is 18.5 Å². The molecule has 2 aromatic heterocycles. The number of aryl methyl sites for hydroxylation is 1. The van der Waals surface area contributed by atoms with Crippen LogP contribution in [-0.4, -0.2) is 34.1 Å². The molecular weight excluding hydrogens is 451 g/mol. The molecule has 0 amide bonds. The van der Waals surface area contributed by atoms with Gasteiger partial charge in [-0.25, -0.2) is 15.0 Å². The minimum absolute atomic E-state index is 0.130. The molecule has 1 saturated heterocycles. The molecule has 5 nitrogen and oxygen atoms in total. The number of rotatable bonds is 5. The lowest BCUT2D eigenvalue weighted by atomic mass is 10.0. The first-order valence-electron chi connectivity index (χ1n) is 10.9.